The van der Waals surface area contributed by atoms with Gasteiger partial charge in [0.15, 0.2) is 0 Å². The van der Waals surface area contributed by atoms with Crippen LogP contribution in [0.15, 0.2) is 194 Å². The summed E-state index contributed by atoms with van der Waals surface area (Å²) in [5.41, 5.74) is 14.4. The standard InChI is InChI=1S/C48H32N2.C2H6/c1-3-13-34(14-4-1)39-30-28-38(32-44(39)35-15-5-2-6-16-35)50-47-22-12-9-19-42(47)43-29-25-36(31-48(43)50)33-23-26-37(27-24-33)49-45-20-10-7-17-40(45)41-18-8-11-21-46(41)49;1-2/h1-32H;1-2H3. The quantitative estimate of drug-likeness (QED) is 0.173. The minimum absolute atomic E-state index is 1.15. The molecule has 2 aromatic heterocycles. The van der Waals surface area contributed by atoms with Gasteiger partial charge in [-0.05, 0) is 81.9 Å². The minimum atomic E-state index is 1.15. The Hall–Kier alpha value is -6.64. The summed E-state index contributed by atoms with van der Waals surface area (Å²) >= 11 is 0. The highest BCUT2D eigenvalue weighted by atomic mass is 15.0. The van der Waals surface area contributed by atoms with Crippen LogP contribution in [-0.2, 0) is 0 Å². The zero-order chi connectivity index (χ0) is 35.0. The summed E-state index contributed by atoms with van der Waals surface area (Å²) in [5, 5.41) is 5.05. The second-order valence-corrected chi connectivity index (χ2v) is 13.0. The molecule has 0 N–H and O–H groups in total. The van der Waals surface area contributed by atoms with Crippen LogP contribution in [0.3, 0.4) is 0 Å². The highest BCUT2D eigenvalue weighted by Gasteiger charge is 2.17. The molecule has 52 heavy (non-hydrogen) atoms. The molecule has 248 valence electrons. The Morgan fingerprint density at radius 1 is 0.269 bits per heavy atom. The molecular formula is C50H38N2. The van der Waals surface area contributed by atoms with Crippen molar-refractivity contribution >= 4 is 43.6 Å². The van der Waals surface area contributed by atoms with E-state index >= 15 is 0 Å². The van der Waals surface area contributed by atoms with Crippen LogP contribution in [0.4, 0.5) is 0 Å². The lowest BCUT2D eigenvalue weighted by molar-refractivity contribution is 1.18. The van der Waals surface area contributed by atoms with Gasteiger partial charge in [-0.2, -0.15) is 0 Å². The Morgan fingerprint density at radius 2 is 0.692 bits per heavy atom. The maximum absolute atomic E-state index is 2.43. The molecule has 0 aliphatic rings. The second kappa shape index (κ2) is 13.2. The monoisotopic (exact) mass is 666 g/mol. The molecule has 10 aromatic rings. The second-order valence-electron chi connectivity index (χ2n) is 13.0. The fraction of sp³-hybridized carbons (Fsp3) is 0.0400. The molecular weight excluding hydrogens is 629 g/mol. The van der Waals surface area contributed by atoms with Crippen LogP contribution in [0.1, 0.15) is 13.8 Å². The summed E-state index contributed by atoms with van der Waals surface area (Å²) in [6.07, 6.45) is 0. The Morgan fingerprint density at radius 3 is 1.25 bits per heavy atom. The van der Waals surface area contributed by atoms with Crippen molar-refractivity contribution in [3.63, 3.8) is 0 Å². The van der Waals surface area contributed by atoms with Gasteiger partial charge in [-0.15, -0.1) is 0 Å². The molecule has 0 saturated heterocycles. The van der Waals surface area contributed by atoms with E-state index in [-0.39, 0.29) is 0 Å². The SMILES string of the molecule is CC.c1ccc(-c2ccc(-n3c4ccccc4c4ccc(-c5ccc(-n6c7ccccc7c7ccccc76)cc5)cc43)cc2-c2ccccc2)cc1. The maximum Gasteiger partial charge on any atom is 0.0547 e. The molecule has 0 atom stereocenters. The third-order valence-corrected chi connectivity index (χ3v) is 10.1. The van der Waals surface area contributed by atoms with Crippen LogP contribution in [0.2, 0.25) is 0 Å². The molecule has 0 bridgehead atoms. The Bertz CT molecular complexity index is 2790. The summed E-state index contributed by atoms with van der Waals surface area (Å²) in [4.78, 5) is 0. The molecule has 0 amide bonds. The van der Waals surface area contributed by atoms with Crippen LogP contribution >= 0.6 is 0 Å². The average Bonchev–Trinajstić information content (AvgIpc) is 3.75. The highest BCUT2D eigenvalue weighted by molar-refractivity contribution is 6.11. The predicted molar refractivity (Wildman–Crippen MR) is 223 cm³/mol. The zero-order valence-corrected chi connectivity index (χ0v) is 29.4. The van der Waals surface area contributed by atoms with E-state index in [0.29, 0.717) is 0 Å². The van der Waals surface area contributed by atoms with Gasteiger partial charge < -0.3 is 9.13 Å². The van der Waals surface area contributed by atoms with Crippen molar-refractivity contribution in [2.24, 2.45) is 0 Å². The molecule has 0 spiro atoms. The first-order valence-electron chi connectivity index (χ1n) is 18.2. The predicted octanol–water partition coefficient (Wildman–Crippen LogP) is 13.9. The Kier molecular flexibility index (Phi) is 7.98. The van der Waals surface area contributed by atoms with Gasteiger partial charge in [0, 0.05) is 32.9 Å². The molecule has 2 heteroatoms. The van der Waals surface area contributed by atoms with E-state index in [1.807, 2.05) is 13.8 Å². The minimum Gasteiger partial charge on any atom is -0.309 e. The molecule has 10 rings (SSSR count). The third-order valence-electron chi connectivity index (χ3n) is 10.1. The highest BCUT2D eigenvalue weighted by Crippen LogP contribution is 2.39. The zero-order valence-electron chi connectivity index (χ0n) is 29.4. The molecule has 0 unspecified atom stereocenters. The van der Waals surface area contributed by atoms with Crippen LogP contribution in [0.5, 0.6) is 0 Å². The van der Waals surface area contributed by atoms with Gasteiger partial charge >= 0.3 is 0 Å². The number of para-hydroxylation sites is 3. The number of hydrogen-bond acceptors (Lipinski definition) is 0. The summed E-state index contributed by atoms with van der Waals surface area (Å²) in [7, 11) is 0. The van der Waals surface area contributed by atoms with Gasteiger partial charge in [0.1, 0.15) is 0 Å². The van der Waals surface area contributed by atoms with Gasteiger partial charge in [0.25, 0.3) is 0 Å². The number of fused-ring (bicyclic) bond motifs is 6. The Balaban J connectivity index is 0.00000177. The lowest BCUT2D eigenvalue weighted by atomic mass is 9.94. The molecule has 0 radical (unpaired) electrons. The molecule has 8 aromatic carbocycles. The normalized spacial score (nSPS) is 11.3. The summed E-state index contributed by atoms with van der Waals surface area (Å²) in [6, 6.07) is 70.4. The van der Waals surface area contributed by atoms with Crippen LogP contribution in [0, 0.1) is 0 Å². The molecule has 0 saturated carbocycles. The van der Waals surface area contributed by atoms with E-state index in [4.69, 9.17) is 0 Å². The van der Waals surface area contributed by atoms with Crippen molar-refractivity contribution in [3.8, 4) is 44.8 Å². The average molecular weight is 667 g/mol. The van der Waals surface area contributed by atoms with E-state index in [2.05, 4.69) is 203 Å². The smallest absolute Gasteiger partial charge is 0.0547 e. The van der Waals surface area contributed by atoms with E-state index in [0.717, 1.165) is 11.4 Å². The first-order valence-corrected chi connectivity index (χ1v) is 18.2. The lowest BCUT2D eigenvalue weighted by Crippen LogP contribution is -1.96. The van der Waals surface area contributed by atoms with Gasteiger partial charge in [-0.1, -0.05) is 159 Å². The van der Waals surface area contributed by atoms with Crippen LogP contribution < -0.4 is 0 Å². The third kappa shape index (κ3) is 5.20. The van der Waals surface area contributed by atoms with Crippen molar-refractivity contribution in [1.29, 1.82) is 0 Å². The van der Waals surface area contributed by atoms with E-state index < -0.39 is 0 Å². The molecule has 0 aliphatic carbocycles. The van der Waals surface area contributed by atoms with E-state index in [1.165, 1.54) is 77.0 Å². The van der Waals surface area contributed by atoms with Crippen molar-refractivity contribution in [1.82, 2.24) is 9.13 Å². The summed E-state index contributed by atoms with van der Waals surface area (Å²) < 4.78 is 4.81. The molecule has 2 heterocycles. The van der Waals surface area contributed by atoms with Crippen LogP contribution in [0.25, 0.3) is 88.4 Å². The van der Waals surface area contributed by atoms with Crippen LogP contribution in [-0.4, -0.2) is 9.13 Å². The summed E-state index contributed by atoms with van der Waals surface area (Å²) in [6.45, 7) is 4.00. The van der Waals surface area contributed by atoms with Crippen molar-refractivity contribution in [2.75, 3.05) is 0 Å². The first-order chi connectivity index (χ1) is 25.8. The largest absolute Gasteiger partial charge is 0.309 e. The topological polar surface area (TPSA) is 9.86 Å². The van der Waals surface area contributed by atoms with E-state index in [1.54, 1.807) is 0 Å². The number of aromatic nitrogens is 2. The molecule has 0 aliphatic heterocycles. The summed E-state index contributed by atoms with van der Waals surface area (Å²) in [5.74, 6) is 0. The van der Waals surface area contributed by atoms with Gasteiger partial charge in [0.2, 0.25) is 0 Å². The van der Waals surface area contributed by atoms with Gasteiger partial charge in [-0.25, -0.2) is 0 Å². The van der Waals surface area contributed by atoms with Crippen molar-refractivity contribution < 1.29 is 0 Å². The number of nitrogens with zero attached hydrogens (tertiary/aromatic N) is 2. The lowest BCUT2D eigenvalue weighted by Gasteiger charge is -2.15. The Labute approximate surface area is 304 Å². The first kappa shape index (κ1) is 31.3. The van der Waals surface area contributed by atoms with Crippen molar-refractivity contribution in [2.45, 2.75) is 13.8 Å². The fourth-order valence-corrected chi connectivity index (χ4v) is 7.83. The van der Waals surface area contributed by atoms with Gasteiger partial charge in [-0.3, -0.25) is 0 Å². The molecule has 2 nitrogen and oxygen atoms in total. The maximum atomic E-state index is 2.43. The number of hydrogen-bond donors (Lipinski definition) is 0. The van der Waals surface area contributed by atoms with Gasteiger partial charge in [0.05, 0.1) is 22.1 Å². The number of rotatable bonds is 5. The number of benzene rings is 8. The molecule has 0 fully saturated rings. The fourth-order valence-electron chi connectivity index (χ4n) is 7.83. The van der Waals surface area contributed by atoms with Crippen molar-refractivity contribution in [3.05, 3.63) is 194 Å². The van der Waals surface area contributed by atoms with E-state index in [9.17, 15) is 0 Å².